The molecule has 156 valence electrons. The molecule has 1 aliphatic rings. The Morgan fingerprint density at radius 1 is 1.30 bits per heavy atom. The van der Waals surface area contributed by atoms with Gasteiger partial charge in [-0.25, -0.2) is 0 Å². The van der Waals surface area contributed by atoms with Crippen molar-refractivity contribution in [3.8, 4) is 0 Å². The zero-order valence-corrected chi connectivity index (χ0v) is 16.0. The maximum Gasteiger partial charge on any atom is 0.252 e. The molecule has 2 amide bonds. The molecule has 6 N–H and O–H groups in total. The Kier molecular flexibility index (Phi) is 9.89. The SMILES string of the molecule is CCC(C)C=CC(O)C(O)C(O)[C@@H](OC)C(=O)N[C@H]1CCC(O)CNC1=O. The lowest BCUT2D eigenvalue weighted by Gasteiger charge is -2.28. The van der Waals surface area contributed by atoms with Crippen molar-refractivity contribution in [2.24, 2.45) is 5.92 Å². The number of carbonyl (C=O) groups is 2. The Hall–Kier alpha value is -1.52. The number of rotatable bonds is 9. The van der Waals surface area contributed by atoms with E-state index in [4.69, 9.17) is 4.74 Å². The van der Waals surface area contributed by atoms with Gasteiger partial charge in [-0.2, -0.15) is 0 Å². The molecule has 0 saturated carbocycles. The van der Waals surface area contributed by atoms with Crippen molar-refractivity contribution >= 4 is 11.8 Å². The molecule has 1 saturated heterocycles. The quantitative estimate of drug-likeness (QED) is 0.262. The summed E-state index contributed by atoms with van der Waals surface area (Å²) >= 11 is 0. The smallest absolute Gasteiger partial charge is 0.252 e. The number of ether oxygens (including phenoxy) is 1. The third-order valence-corrected chi connectivity index (χ3v) is 4.74. The minimum atomic E-state index is -1.70. The van der Waals surface area contributed by atoms with Crippen molar-refractivity contribution in [1.29, 1.82) is 0 Å². The van der Waals surface area contributed by atoms with Crippen molar-refractivity contribution in [3.05, 3.63) is 12.2 Å². The van der Waals surface area contributed by atoms with Crippen LogP contribution in [0.4, 0.5) is 0 Å². The summed E-state index contributed by atoms with van der Waals surface area (Å²) < 4.78 is 4.98. The van der Waals surface area contributed by atoms with Gasteiger partial charge < -0.3 is 35.8 Å². The summed E-state index contributed by atoms with van der Waals surface area (Å²) in [5.74, 6) is -1.05. The first kappa shape index (κ1) is 23.5. The van der Waals surface area contributed by atoms with Gasteiger partial charge in [0.15, 0.2) is 6.10 Å². The average molecular weight is 388 g/mol. The van der Waals surface area contributed by atoms with Crippen LogP contribution >= 0.6 is 0 Å². The van der Waals surface area contributed by atoms with Gasteiger partial charge in [-0.1, -0.05) is 32.4 Å². The lowest BCUT2D eigenvalue weighted by Crippen LogP contribution is -2.55. The first-order valence-electron chi connectivity index (χ1n) is 9.22. The van der Waals surface area contributed by atoms with E-state index >= 15 is 0 Å². The number of amides is 2. The molecule has 1 aliphatic heterocycles. The predicted octanol–water partition coefficient (Wildman–Crippen LogP) is -1.56. The lowest BCUT2D eigenvalue weighted by atomic mass is 9.99. The van der Waals surface area contributed by atoms with Crippen molar-refractivity contribution in [2.45, 2.75) is 69.7 Å². The van der Waals surface area contributed by atoms with Gasteiger partial charge in [-0.05, 0) is 18.8 Å². The number of β-amino-alcohol motifs (C(OH)–C–C–N with tert-alkyl or cyclic N) is 1. The number of hydrogen-bond acceptors (Lipinski definition) is 7. The molecule has 9 heteroatoms. The maximum absolute atomic E-state index is 12.4. The molecular weight excluding hydrogens is 356 g/mol. The lowest BCUT2D eigenvalue weighted by molar-refractivity contribution is -0.150. The van der Waals surface area contributed by atoms with Crippen LogP contribution in [0.3, 0.4) is 0 Å². The molecule has 7 atom stereocenters. The molecule has 0 aromatic heterocycles. The summed E-state index contributed by atoms with van der Waals surface area (Å²) in [4.78, 5) is 24.4. The van der Waals surface area contributed by atoms with Gasteiger partial charge in [0.1, 0.15) is 24.4 Å². The normalized spacial score (nSPS) is 26.6. The first-order chi connectivity index (χ1) is 12.7. The summed E-state index contributed by atoms with van der Waals surface area (Å²) in [6, 6.07) is -0.883. The summed E-state index contributed by atoms with van der Waals surface area (Å²) in [7, 11) is 1.18. The van der Waals surface area contributed by atoms with Gasteiger partial charge in [-0.3, -0.25) is 9.59 Å². The van der Waals surface area contributed by atoms with Crippen LogP contribution in [0.15, 0.2) is 12.2 Å². The van der Waals surface area contributed by atoms with E-state index in [0.29, 0.717) is 6.42 Å². The van der Waals surface area contributed by atoms with Gasteiger partial charge in [0, 0.05) is 13.7 Å². The monoisotopic (exact) mass is 388 g/mol. The summed E-state index contributed by atoms with van der Waals surface area (Å²) in [6.45, 7) is 4.02. The van der Waals surface area contributed by atoms with E-state index in [1.807, 2.05) is 13.8 Å². The zero-order valence-electron chi connectivity index (χ0n) is 16.0. The Bertz CT molecular complexity index is 514. The van der Waals surface area contributed by atoms with Crippen LogP contribution in [-0.2, 0) is 14.3 Å². The number of hydrogen-bond donors (Lipinski definition) is 6. The number of allylic oxidation sites excluding steroid dienone is 1. The van der Waals surface area contributed by atoms with Crippen LogP contribution in [0.2, 0.25) is 0 Å². The average Bonchev–Trinajstić information content (AvgIpc) is 2.81. The Morgan fingerprint density at radius 2 is 1.96 bits per heavy atom. The third-order valence-electron chi connectivity index (χ3n) is 4.74. The van der Waals surface area contributed by atoms with E-state index in [2.05, 4.69) is 10.6 Å². The summed E-state index contributed by atoms with van der Waals surface area (Å²) in [6.07, 6.45) is -2.41. The highest BCUT2D eigenvalue weighted by Crippen LogP contribution is 2.13. The Morgan fingerprint density at radius 3 is 2.56 bits per heavy atom. The molecule has 0 radical (unpaired) electrons. The van der Waals surface area contributed by atoms with Gasteiger partial charge in [0.25, 0.3) is 5.91 Å². The maximum atomic E-state index is 12.4. The van der Waals surface area contributed by atoms with E-state index in [9.17, 15) is 30.0 Å². The molecule has 0 aliphatic carbocycles. The molecule has 5 unspecified atom stereocenters. The second-order valence-electron chi connectivity index (χ2n) is 6.94. The number of aliphatic hydroxyl groups is 4. The fourth-order valence-corrected chi connectivity index (χ4v) is 2.66. The molecule has 0 bridgehead atoms. The summed E-state index contributed by atoms with van der Waals surface area (Å²) in [5, 5.41) is 45.0. The minimum absolute atomic E-state index is 0.106. The van der Waals surface area contributed by atoms with Gasteiger partial charge >= 0.3 is 0 Å². The van der Waals surface area contributed by atoms with Crippen molar-refractivity contribution < 1.29 is 34.8 Å². The van der Waals surface area contributed by atoms with Crippen molar-refractivity contribution in [1.82, 2.24) is 10.6 Å². The summed E-state index contributed by atoms with van der Waals surface area (Å²) in [5.41, 5.74) is 0. The molecular formula is C18H32N2O7. The van der Waals surface area contributed by atoms with Crippen LogP contribution < -0.4 is 10.6 Å². The Balaban J connectivity index is 2.72. The largest absolute Gasteiger partial charge is 0.391 e. The van der Waals surface area contributed by atoms with E-state index in [1.54, 1.807) is 6.08 Å². The van der Waals surface area contributed by atoms with Crippen LogP contribution in [0, 0.1) is 5.92 Å². The molecule has 1 fully saturated rings. The molecule has 0 aromatic carbocycles. The minimum Gasteiger partial charge on any atom is -0.391 e. The van der Waals surface area contributed by atoms with E-state index in [0.717, 1.165) is 6.42 Å². The molecule has 0 aromatic rings. The highest BCUT2D eigenvalue weighted by molar-refractivity contribution is 5.89. The van der Waals surface area contributed by atoms with E-state index in [1.165, 1.54) is 13.2 Å². The number of carbonyl (C=O) groups excluding carboxylic acids is 2. The molecule has 0 spiro atoms. The zero-order chi connectivity index (χ0) is 20.6. The van der Waals surface area contributed by atoms with E-state index < -0.39 is 48.4 Å². The Labute approximate surface area is 159 Å². The van der Waals surface area contributed by atoms with Gasteiger partial charge in [-0.15, -0.1) is 0 Å². The molecule has 1 heterocycles. The fourth-order valence-electron chi connectivity index (χ4n) is 2.66. The van der Waals surface area contributed by atoms with E-state index in [-0.39, 0.29) is 18.9 Å². The van der Waals surface area contributed by atoms with Crippen LogP contribution in [0.5, 0.6) is 0 Å². The third kappa shape index (κ3) is 7.19. The highest BCUT2D eigenvalue weighted by Gasteiger charge is 2.37. The molecule has 9 nitrogen and oxygen atoms in total. The highest BCUT2D eigenvalue weighted by atomic mass is 16.5. The predicted molar refractivity (Wildman–Crippen MR) is 97.6 cm³/mol. The van der Waals surface area contributed by atoms with Crippen LogP contribution in [0.25, 0.3) is 0 Å². The van der Waals surface area contributed by atoms with Crippen molar-refractivity contribution in [2.75, 3.05) is 13.7 Å². The topological polar surface area (TPSA) is 148 Å². The van der Waals surface area contributed by atoms with Crippen LogP contribution in [-0.4, -0.2) is 82.5 Å². The van der Waals surface area contributed by atoms with Gasteiger partial charge in [0.2, 0.25) is 5.91 Å². The van der Waals surface area contributed by atoms with Gasteiger partial charge in [0.05, 0.1) is 6.10 Å². The standard InChI is InChI=1S/C18H32N2O7/c1-4-10(2)5-8-13(22)14(23)15(24)16(27-3)18(26)20-12-7-6-11(21)9-19-17(12)25/h5,8,10-16,21-24H,4,6-7,9H2,1-3H3,(H,19,25)(H,20,26)/t10?,11?,12-,13?,14?,15?,16+/m0/s1. The number of aliphatic hydroxyl groups excluding tert-OH is 4. The van der Waals surface area contributed by atoms with Crippen LogP contribution in [0.1, 0.15) is 33.1 Å². The van der Waals surface area contributed by atoms with Crippen molar-refractivity contribution in [3.63, 3.8) is 0 Å². The first-order valence-corrected chi connectivity index (χ1v) is 9.22. The second-order valence-corrected chi connectivity index (χ2v) is 6.94. The fraction of sp³-hybridized carbons (Fsp3) is 0.778. The molecule has 1 rings (SSSR count). The second kappa shape index (κ2) is 11.4. The molecule has 27 heavy (non-hydrogen) atoms. The number of methoxy groups -OCH3 is 1. The number of nitrogens with one attached hydrogen (secondary N) is 2.